The molecule has 0 aliphatic heterocycles. The fraction of sp³-hybridized carbons (Fsp3) is 0.571. The minimum atomic E-state index is -2.86. The summed E-state index contributed by atoms with van der Waals surface area (Å²) in [4.78, 5) is 0. The van der Waals surface area contributed by atoms with Gasteiger partial charge >= 0.3 is 0 Å². The molecule has 0 saturated heterocycles. The second-order valence-corrected chi connectivity index (χ2v) is 7.55. The summed E-state index contributed by atoms with van der Waals surface area (Å²) >= 11 is 5.86. The minimum absolute atomic E-state index is 0.259. The second kappa shape index (κ2) is 7.88. The van der Waals surface area contributed by atoms with E-state index in [9.17, 15) is 8.42 Å². The number of nitrogens with one attached hydrogen (secondary N) is 1. The Labute approximate surface area is 121 Å². The van der Waals surface area contributed by atoms with Crippen molar-refractivity contribution in [2.45, 2.75) is 32.2 Å². The molecule has 1 N–H and O–H groups in total. The molecule has 1 unspecified atom stereocenters. The second-order valence-electron chi connectivity index (χ2n) is 4.86. The van der Waals surface area contributed by atoms with Gasteiger partial charge in [0.05, 0.1) is 0 Å². The molecule has 0 spiro atoms. The van der Waals surface area contributed by atoms with Gasteiger partial charge in [-0.15, -0.1) is 0 Å². The van der Waals surface area contributed by atoms with E-state index in [1.54, 1.807) is 0 Å². The van der Waals surface area contributed by atoms with Crippen molar-refractivity contribution >= 4 is 21.4 Å². The molecule has 1 atom stereocenters. The lowest BCUT2D eigenvalue weighted by atomic mass is 10.0. The van der Waals surface area contributed by atoms with Gasteiger partial charge in [-0.2, -0.15) is 0 Å². The van der Waals surface area contributed by atoms with Crippen LogP contribution < -0.4 is 5.32 Å². The minimum Gasteiger partial charge on any atom is -0.314 e. The van der Waals surface area contributed by atoms with Crippen molar-refractivity contribution < 1.29 is 8.42 Å². The highest BCUT2D eigenvalue weighted by Gasteiger charge is 2.10. The monoisotopic (exact) mass is 303 g/mol. The molecule has 3 nitrogen and oxygen atoms in total. The van der Waals surface area contributed by atoms with Crippen LogP contribution in [-0.4, -0.2) is 33.0 Å². The van der Waals surface area contributed by atoms with Crippen LogP contribution in [0, 0.1) is 0 Å². The molecule has 0 amide bonds. The number of hydrogen-bond donors (Lipinski definition) is 1. The molecule has 1 aromatic rings. The lowest BCUT2D eigenvalue weighted by Crippen LogP contribution is -2.31. The third-order valence-electron chi connectivity index (χ3n) is 2.96. The first kappa shape index (κ1) is 16.5. The Bertz CT molecular complexity index is 471. The summed E-state index contributed by atoms with van der Waals surface area (Å²) in [6.45, 7) is 2.95. The molecule has 108 valence electrons. The first-order valence-corrected chi connectivity index (χ1v) is 9.00. The van der Waals surface area contributed by atoms with Crippen LogP contribution in [-0.2, 0) is 16.3 Å². The van der Waals surface area contributed by atoms with Gasteiger partial charge < -0.3 is 5.32 Å². The fourth-order valence-electron chi connectivity index (χ4n) is 2.06. The molecule has 0 fully saturated rings. The molecular formula is C14H22ClNO2S. The summed E-state index contributed by atoms with van der Waals surface area (Å²) in [7, 11) is -2.86. The predicted octanol–water partition coefficient (Wildman–Crippen LogP) is 2.69. The van der Waals surface area contributed by atoms with Gasteiger partial charge in [0.2, 0.25) is 0 Å². The van der Waals surface area contributed by atoms with Crippen LogP contribution in [0.25, 0.3) is 0 Å². The average Bonchev–Trinajstić information content (AvgIpc) is 2.30. The average molecular weight is 304 g/mol. The van der Waals surface area contributed by atoms with E-state index in [1.807, 2.05) is 24.3 Å². The molecule has 1 aromatic carbocycles. The maximum atomic E-state index is 11.1. The Morgan fingerprint density at radius 3 is 2.42 bits per heavy atom. The Morgan fingerprint density at radius 2 is 1.89 bits per heavy atom. The molecule has 0 heterocycles. The highest BCUT2D eigenvalue weighted by molar-refractivity contribution is 7.90. The molecule has 0 aromatic heterocycles. The lowest BCUT2D eigenvalue weighted by molar-refractivity contribution is 0.484. The van der Waals surface area contributed by atoms with Gasteiger partial charge in [-0.25, -0.2) is 8.42 Å². The van der Waals surface area contributed by atoms with Crippen molar-refractivity contribution in [1.29, 1.82) is 0 Å². The highest BCUT2D eigenvalue weighted by Crippen LogP contribution is 2.13. The van der Waals surface area contributed by atoms with Gasteiger partial charge in [-0.05, 0) is 43.5 Å². The van der Waals surface area contributed by atoms with E-state index in [0.717, 1.165) is 24.4 Å². The SMILES string of the molecule is CCNC(CCCS(C)(=O)=O)Cc1ccc(Cl)cc1. The zero-order valence-electron chi connectivity index (χ0n) is 11.5. The van der Waals surface area contributed by atoms with Gasteiger partial charge in [0.25, 0.3) is 0 Å². The van der Waals surface area contributed by atoms with Crippen LogP contribution in [0.3, 0.4) is 0 Å². The van der Waals surface area contributed by atoms with Crippen molar-refractivity contribution in [3.63, 3.8) is 0 Å². The number of likely N-dealkylation sites (N-methyl/N-ethyl adjacent to an activating group) is 1. The van der Waals surface area contributed by atoms with Gasteiger partial charge in [0, 0.05) is 23.1 Å². The van der Waals surface area contributed by atoms with E-state index in [2.05, 4.69) is 12.2 Å². The first-order valence-electron chi connectivity index (χ1n) is 6.56. The maximum absolute atomic E-state index is 11.1. The van der Waals surface area contributed by atoms with Crippen LogP contribution in [0.4, 0.5) is 0 Å². The van der Waals surface area contributed by atoms with Crippen molar-refractivity contribution in [2.75, 3.05) is 18.6 Å². The Balaban J connectivity index is 2.50. The van der Waals surface area contributed by atoms with Gasteiger partial charge in [-0.3, -0.25) is 0 Å². The van der Waals surface area contributed by atoms with Gasteiger partial charge in [0.15, 0.2) is 0 Å². The topological polar surface area (TPSA) is 46.2 Å². The van der Waals surface area contributed by atoms with Crippen molar-refractivity contribution in [3.8, 4) is 0 Å². The molecule has 0 radical (unpaired) electrons. The van der Waals surface area contributed by atoms with Crippen LogP contribution in [0.15, 0.2) is 24.3 Å². The normalized spacial score (nSPS) is 13.4. The van der Waals surface area contributed by atoms with E-state index >= 15 is 0 Å². The Kier molecular flexibility index (Phi) is 6.83. The van der Waals surface area contributed by atoms with Gasteiger partial charge in [-0.1, -0.05) is 30.7 Å². The van der Waals surface area contributed by atoms with Crippen LogP contribution in [0.5, 0.6) is 0 Å². The molecular weight excluding hydrogens is 282 g/mol. The molecule has 0 bridgehead atoms. The summed E-state index contributed by atoms with van der Waals surface area (Å²) in [6.07, 6.45) is 3.75. The number of rotatable bonds is 8. The maximum Gasteiger partial charge on any atom is 0.147 e. The molecule has 0 aliphatic rings. The summed E-state index contributed by atoms with van der Waals surface area (Å²) in [5.41, 5.74) is 1.22. The standard InChI is InChI=1S/C14H22ClNO2S/c1-3-16-14(5-4-10-19(2,17)18)11-12-6-8-13(15)9-7-12/h6-9,14,16H,3-5,10-11H2,1-2H3. The quantitative estimate of drug-likeness (QED) is 0.803. The molecule has 19 heavy (non-hydrogen) atoms. The van der Waals surface area contributed by atoms with Crippen LogP contribution >= 0.6 is 11.6 Å². The third-order valence-corrected chi connectivity index (χ3v) is 4.24. The third kappa shape index (κ3) is 7.55. The van der Waals surface area contributed by atoms with E-state index in [0.29, 0.717) is 12.5 Å². The van der Waals surface area contributed by atoms with E-state index in [-0.39, 0.29) is 5.75 Å². The zero-order valence-corrected chi connectivity index (χ0v) is 13.1. The van der Waals surface area contributed by atoms with Crippen LogP contribution in [0.1, 0.15) is 25.3 Å². The number of sulfone groups is 1. The van der Waals surface area contributed by atoms with Crippen molar-refractivity contribution in [3.05, 3.63) is 34.9 Å². The fourth-order valence-corrected chi connectivity index (χ4v) is 2.88. The number of halogens is 1. The van der Waals surface area contributed by atoms with Crippen molar-refractivity contribution in [1.82, 2.24) is 5.32 Å². The molecule has 5 heteroatoms. The molecule has 0 saturated carbocycles. The summed E-state index contributed by atoms with van der Waals surface area (Å²) in [5.74, 6) is 0.259. The summed E-state index contributed by atoms with van der Waals surface area (Å²) < 4.78 is 22.3. The van der Waals surface area contributed by atoms with Gasteiger partial charge in [0.1, 0.15) is 9.84 Å². The predicted molar refractivity (Wildman–Crippen MR) is 81.6 cm³/mol. The summed E-state index contributed by atoms with van der Waals surface area (Å²) in [6, 6.07) is 8.12. The zero-order chi connectivity index (χ0) is 14.3. The number of hydrogen-bond acceptors (Lipinski definition) is 3. The highest BCUT2D eigenvalue weighted by atomic mass is 35.5. The largest absolute Gasteiger partial charge is 0.314 e. The molecule has 0 aliphatic carbocycles. The number of benzene rings is 1. The van der Waals surface area contributed by atoms with E-state index in [4.69, 9.17) is 11.6 Å². The first-order chi connectivity index (χ1) is 8.90. The Hall–Kier alpha value is -0.580. The van der Waals surface area contributed by atoms with Crippen LogP contribution in [0.2, 0.25) is 5.02 Å². The van der Waals surface area contributed by atoms with Crippen molar-refractivity contribution in [2.24, 2.45) is 0 Å². The Morgan fingerprint density at radius 1 is 1.26 bits per heavy atom. The summed E-state index contributed by atoms with van der Waals surface area (Å²) in [5, 5.41) is 4.14. The molecule has 1 rings (SSSR count). The smallest absolute Gasteiger partial charge is 0.147 e. The van der Waals surface area contributed by atoms with E-state index < -0.39 is 9.84 Å². The lowest BCUT2D eigenvalue weighted by Gasteiger charge is -2.17. The van der Waals surface area contributed by atoms with E-state index in [1.165, 1.54) is 11.8 Å².